The summed E-state index contributed by atoms with van der Waals surface area (Å²) in [6, 6.07) is 0.370. The lowest BCUT2D eigenvalue weighted by Gasteiger charge is -2.34. The van der Waals surface area contributed by atoms with E-state index in [0.29, 0.717) is 38.1 Å². The summed E-state index contributed by atoms with van der Waals surface area (Å²) in [7, 11) is -3.19. The van der Waals surface area contributed by atoms with Gasteiger partial charge in [0.1, 0.15) is 0 Å². The van der Waals surface area contributed by atoms with Crippen molar-refractivity contribution in [3.8, 4) is 0 Å². The van der Waals surface area contributed by atoms with E-state index in [9.17, 15) is 8.42 Å². The number of sulfone groups is 1. The van der Waals surface area contributed by atoms with Gasteiger partial charge in [-0.1, -0.05) is 25.7 Å². The second kappa shape index (κ2) is 7.64. The number of guanidine groups is 1. The molecular weight excluding hydrogens is 302 g/mol. The highest BCUT2D eigenvalue weighted by Gasteiger charge is 2.42. The molecule has 1 saturated carbocycles. The summed E-state index contributed by atoms with van der Waals surface area (Å²) < 4.78 is 28.8. The Hall–Kier alpha value is -0.820. The number of hydrogen-bond acceptors (Lipinski definition) is 4. The number of nitrogens with one attached hydrogen (secondary N) is 1. The van der Waals surface area contributed by atoms with E-state index in [-0.39, 0.29) is 6.54 Å². The smallest absolute Gasteiger partial charge is 0.188 e. The van der Waals surface area contributed by atoms with Gasteiger partial charge in [-0.3, -0.25) is 4.99 Å². The molecule has 0 unspecified atom stereocenters. The largest absolute Gasteiger partial charge is 0.381 e. The summed E-state index contributed by atoms with van der Waals surface area (Å²) >= 11 is 0. The number of nitrogens with zero attached hydrogens (tertiary/aromatic N) is 1. The van der Waals surface area contributed by atoms with Crippen LogP contribution >= 0.6 is 0 Å². The zero-order valence-electron chi connectivity index (χ0n) is 13.5. The molecule has 1 saturated heterocycles. The Kier molecular flexibility index (Phi) is 6.09. The number of ether oxygens (including phenoxy) is 1. The van der Waals surface area contributed by atoms with Crippen molar-refractivity contribution in [2.45, 2.75) is 62.2 Å². The summed E-state index contributed by atoms with van der Waals surface area (Å²) in [5, 5.41) is 3.27. The first-order chi connectivity index (χ1) is 10.4. The van der Waals surface area contributed by atoms with Gasteiger partial charge in [0.15, 0.2) is 15.8 Å². The molecule has 2 aliphatic rings. The second-order valence-corrected chi connectivity index (χ2v) is 9.01. The topological polar surface area (TPSA) is 93.8 Å². The minimum Gasteiger partial charge on any atom is -0.381 e. The van der Waals surface area contributed by atoms with E-state index in [4.69, 9.17) is 10.5 Å². The molecular formula is C15H29N3O3S. The first-order valence-electron chi connectivity index (χ1n) is 8.27. The van der Waals surface area contributed by atoms with Gasteiger partial charge < -0.3 is 15.8 Å². The van der Waals surface area contributed by atoms with Crippen LogP contribution in [0, 0.1) is 0 Å². The van der Waals surface area contributed by atoms with Crippen LogP contribution in [-0.2, 0) is 14.6 Å². The van der Waals surface area contributed by atoms with Gasteiger partial charge in [0.2, 0.25) is 0 Å². The van der Waals surface area contributed by atoms with Crippen LogP contribution in [0.5, 0.6) is 0 Å². The molecule has 0 aromatic heterocycles. The molecule has 0 radical (unpaired) electrons. The number of hydrogen-bond donors (Lipinski definition) is 2. The molecule has 22 heavy (non-hydrogen) atoms. The fraction of sp³-hybridized carbons (Fsp3) is 0.933. The Balaban J connectivity index is 1.97. The maximum Gasteiger partial charge on any atom is 0.188 e. The third-order valence-electron chi connectivity index (χ3n) is 4.94. The van der Waals surface area contributed by atoms with Crippen LogP contribution in [0.15, 0.2) is 4.99 Å². The third kappa shape index (κ3) is 4.59. The Labute approximate surface area is 133 Å². The van der Waals surface area contributed by atoms with E-state index in [2.05, 4.69) is 10.3 Å². The van der Waals surface area contributed by atoms with Gasteiger partial charge in [-0.15, -0.1) is 0 Å². The fourth-order valence-electron chi connectivity index (χ4n) is 3.30. The van der Waals surface area contributed by atoms with E-state index in [1.165, 1.54) is 31.9 Å². The van der Waals surface area contributed by atoms with Crippen molar-refractivity contribution in [3.05, 3.63) is 0 Å². The van der Waals surface area contributed by atoms with Crippen molar-refractivity contribution in [2.75, 3.05) is 26.0 Å². The van der Waals surface area contributed by atoms with Crippen LogP contribution in [0.1, 0.15) is 51.4 Å². The molecule has 0 atom stereocenters. The van der Waals surface area contributed by atoms with Crippen molar-refractivity contribution in [3.63, 3.8) is 0 Å². The molecule has 2 rings (SSSR count). The highest BCUT2D eigenvalue weighted by molar-refractivity contribution is 7.92. The Morgan fingerprint density at radius 1 is 1.23 bits per heavy atom. The van der Waals surface area contributed by atoms with Crippen LogP contribution in [0.3, 0.4) is 0 Å². The first kappa shape index (κ1) is 17.5. The van der Waals surface area contributed by atoms with Gasteiger partial charge in [-0.25, -0.2) is 8.42 Å². The van der Waals surface area contributed by atoms with Crippen LogP contribution in [0.4, 0.5) is 0 Å². The van der Waals surface area contributed by atoms with Crippen LogP contribution in [0.25, 0.3) is 0 Å². The molecule has 2 fully saturated rings. The maximum atomic E-state index is 12.2. The van der Waals surface area contributed by atoms with Gasteiger partial charge in [0.05, 0.1) is 11.3 Å². The molecule has 0 aromatic rings. The molecule has 6 nitrogen and oxygen atoms in total. The van der Waals surface area contributed by atoms with Crippen molar-refractivity contribution < 1.29 is 13.2 Å². The maximum absolute atomic E-state index is 12.2. The Bertz CT molecular complexity index is 476. The minimum absolute atomic E-state index is 0.223. The van der Waals surface area contributed by atoms with E-state index in [1.54, 1.807) is 0 Å². The Morgan fingerprint density at radius 2 is 1.82 bits per heavy atom. The van der Waals surface area contributed by atoms with Gasteiger partial charge >= 0.3 is 0 Å². The molecule has 128 valence electrons. The van der Waals surface area contributed by atoms with E-state index in [1.807, 2.05) is 0 Å². The molecule has 0 spiro atoms. The predicted molar refractivity (Wildman–Crippen MR) is 88.7 cm³/mol. The summed E-state index contributed by atoms with van der Waals surface area (Å²) in [5.41, 5.74) is 5.99. The predicted octanol–water partition coefficient (Wildman–Crippen LogP) is 1.21. The normalized spacial score (nSPS) is 24.7. The summed E-state index contributed by atoms with van der Waals surface area (Å²) in [5.74, 6) is 0.376. The standard InChI is InChI=1S/C15H29N3O3S/c1-22(19,20)15(8-10-21-11-9-15)12-17-14(16)18-13-6-4-2-3-5-7-13/h13H,2-12H2,1H3,(H3,16,17,18). The lowest BCUT2D eigenvalue weighted by Crippen LogP contribution is -2.47. The van der Waals surface area contributed by atoms with Crippen molar-refractivity contribution in [2.24, 2.45) is 10.7 Å². The summed E-state index contributed by atoms with van der Waals surface area (Å²) in [6.45, 7) is 1.16. The van der Waals surface area contributed by atoms with Gasteiger partial charge in [0.25, 0.3) is 0 Å². The highest BCUT2D eigenvalue weighted by atomic mass is 32.2. The minimum atomic E-state index is -3.19. The highest BCUT2D eigenvalue weighted by Crippen LogP contribution is 2.29. The number of aliphatic imine (C=N–C) groups is 1. The van der Waals surface area contributed by atoms with Gasteiger partial charge in [0, 0.05) is 25.5 Å². The quantitative estimate of drug-likeness (QED) is 0.459. The molecule has 0 aromatic carbocycles. The SMILES string of the molecule is CS(=O)(=O)C1(CN=C(N)NC2CCCCCC2)CCOCC1. The van der Waals surface area contributed by atoms with Crippen LogP contribution in [0.2, 0.25) is 0 Å². The molecule has 1 aliphatic carbocycles. The monoisotopic (exact) mass is 331 g/mol. The molecule has 1 aliphatic heterocycles. The lowest BCUT2D eigenvalue weighted by atomic mass is 9.99. The average molecular weight is 331 g/mol. The zero-order valence-corrected chi connectivity index (χ0v) is 14.3. The van der Waals surface area contributed by atoms with Gasteiger partial charge in [-0.2, -0.15) is 0 Å². The molecule has 1 heterocycles. The first-order valence-corrected chi connectivity index (χ1v) is 10.2. The van der Waals surface area contributed by atoms with Crippen molar-refractivity contribution in [1.82, 2.24) is 5.32 Å². The molecule has 3 N–H and O–H groups in total. The lowest BCUT2D eigenvalue weighted by molar-refractivity contribution is 0.0768. The van der Waals surface area contributed by atoms with E-state index >= 15 is 0 Å². The fourth-order valence-corrected chi connectivity index (χ4v) is 4.50. The van der Waals surface area contributed by atoms with Crippen LogP contribution < -0.4 is 11.1 Å². The van der Waals surface area contributed by atoms with Crippen molar-refractivity contribution >= 4 is 15.8 Å². The van der Waals surface area contributed by atoms with E-state index in [0.717, 1.165) is 12.8 Å². The molecule has 0 bridgehead atoms. The average Bonchev–Trinajstić information content (AvgIpc) is 2.74. The summed E-state index contributed by atoms with van der Waals surface area (Å²) in [4.78, 5) is 4.36. The zero-order chi connectivity index (χ0) is 16.1. The second-order valence-electron chi connectivity index (χ2n) is 6.60. The summed E-state index contributed by atoms with van der Waals surface area (Å²) in [6.07, 6.45) is 9.51. The number of nitrogens with two attached hydrogens (primary N) is 1. The van der Waals surface area contributed by atoms with E-state index < -0.39 is 14.6 Å². The Morgan fingerprint density at radius 3 is 2.36 bits per heavy atom. The molecule has 0 amide bonds. The van der Waals surface area contributed by atoms with Crippen LogP contribution in [-0.4, -0.2) is 51.2 Å². The van der Waals surface area contributed by atoms with Crippen molar-refractivity contribution in [1.29, 1.82) is 0 Å². The number of rotatable bonds is 4. The third-order valence-corrected chi connectivity index (χ3v) is 7.05. The molecule has 7 heteroatoms. The van der Waals surface area contributed by atoms with Gasteiger partial charge in [-0.05, 0) is 25.7 Å².